The molecule has 144 valence electrons. The summed E-state index contributed by atoms with van der Waals surface area (Å²) < 4.78 is 10.9. The Labute approximate surface area is 165 Å². The van der Waals surface area contributed by atoms with Crippen molar-refractivity contribution in [3.05, 3.63) is 77.5 Å². The molecule has 0 aliphatic carbocycles. The first-order valence-electron chi connectivity index (χ1n) is 8.94. The van der Waals surface area contributed by atoms with Gasteiger partial charge in [-0.1, -0.05) is 18.2 Å². The van der Waals surface area contributed by atoms with Crippen LogP contribution in [0.1, 0.15) is 16.7 Å². The van der Waals surface area contributed by atoms with Crippen LogP contribution in [0.15, 0.2) is 65.8 Å². The summed E-state index contributed by atoms with van der Waals surface area (Å²) in [6.07, 6.45) is 1.73. The molecule has 3 aromatic rings. The lowest BCUT2D eigenvalue weighted by atomic mass is 10.1. The zero-order chi connectivity index (χ0) is 19.9. The third kappa shape index (κ3) is 5.48. The van der Waals surface area contributed by atoms with Crippen LogP contribution in [0.3, 0.4) is 0 Å². The number of guanidine groups is 1. The Kier molecular flexibility index (Phi) is 6.11. The van der Waals surface area contributed by atoms with Crippen molar-refractivity contribution in [1.82, 2.24) is 4.98 Å². The predicted molar refractivity (Wildman–Crippen MR) is 112 cm³/mol. The Bertz CT molecular complexity index is 948. The lowest BCUT2D eigenvalue weighted by molar-refractivity contribution is 0.407. The number of methoxy groups -OCH3 is 1. The Balaban J connectivity index is 1.59. The second kappa shape index (κ2) is 8.90. The molecule has 3 N–H and O–H groups in total. The normalized spacial score (nSPS) is 11.2. The largest absolute Gasteiger partial charge is 0.497 e. The van der Waals surface area contributed by atoms with Crippen LogP contribution in [0, 0.1) is 13.8 Å². The fourth-order valence-corrected chi connectivity index (χ4v) is 2.76. The molecule has 6 heteroatoms. The maximum atomic E-state index is 6.00. The van der Waals surface area contributed by atoms with Crippen LogP contribution in [0.5, 0.6) is 17.4 Å². The molecule has 28 heavy (non-hydrogen) atoms. The molecule has 0 unspecified atom stereocenters. The molecule has 0 bridgehead atoms. The highest BCUT2D eigenvalue weighted by molar-refractivity contribution is 5.92. The van der Waals surface area contributed by atoms with Gasteiger partial charge in [0.1, 0.15) is 11.5 Å². The molecule has 0 amide bonds. The number of hydrogen-bond acceptors (Lipinski definition) is 4. The molecule has 0 saturated carbocycles. The fraction of sp³-hybridized carbons (Fsp3) is 0.182. The van der Waals surface area contributed by atoms with Crippen molar-refractivity contribution < 1.29 is 9.47 Å². The van der Waals surface area contributed by atoms with Gasteiger partial charge in [-0.05, 0) is 54.8 Å². The van der Waals surface area contributed by atoms with Crippen LogP contribution in [0.4, 0.5) is 5.69 Å². The van der Waals surface area contributed by atoms with Gasteiger partial charge in [0.2, 0.25) is 5.88 Å². The Morgan fingerprint density at radius 3 is 2.46 bits per heavy atom. The number of nitrogens with one attached hydrogen (secondary N) is 1. The van der Waals surface area contributed by atoms with Gasteiger partial charge in [0.25, 0.3) is 0 Å². The lowest BCUT2D eigenvalue weighted by Gasteiger charge is -2.08. The van der Waals surface area contributed by atoms with Gasteiger partial charge in [-0.3, -0.25) is 0 Å². The number of hydrogen-bond donors (Lipinski definition) is 2. The SMILES string of the molecule is COc1cccc(Oc2ccc(CN=C(N)Nc3cc(C)cc(C)c3)cn2)c1. The van der Waals surface area contributed by atoms with Gasteiger partial charge in [-0.2, -0.15) is 0 Å². The van der Waals surface area contributed by atoms with Crippen molar-refractivity contribution in [3.63, 3.8) is 0 Å². The molecule has 0 aliphatic rings. The monoisotopic (exact) mass is 376 g/mol. The van der Waals surface area contributed by atoms with E-state index in [4.69, 9.17) is 15.2 Å². The van der Waals surface area contributed by atoms with Crippen LogP contribution >= 0.6 is 0 Å². The molecular weight excluding hydrogens is 352 g/mol. The summed E-state index contributed by atoms with van der Waals surface area (Å²) in [5.74, 6) is 2.26. The Hall–Kier alpha value is -3.54. The van der Waals surface area contributed by atoms with Crippen LogP contribution in [-0.4, -0.2) is 18.1 Å². The van der Waals surface area contributed by atoms with Gasteiger partial charge < -0.3 is 20.5 Å². The molecule has 0 saturated heterocycles. The first kappa shape index (κ1) is 19.2. The number of aromatic nitrogens is 1. The van der Waals surface area contributed by atoms with Gasteiger partial charge in [0, 0.05) is 24.0 Å². The quantitative estimate of drug-likeness (QED) is 0.491. The summed E-state index contributed by atoms with van der Waals surface area (Å²) in [6.45, 7) is 4.52. The van der Waals surface area contributed by atoms with Crippen molar-refractivity contribution in [2.45, 2.75) is 20.4 Å². The van der Waals surface area contributed by atoms with Crippen LogP contribution in [-0.2, 0) is 6.54 Å². The number of nitrogens with zero attached hydrogens (tertiary/aromatic N) is 2. The molecule has 2 aromatic carbocycles. The summed E-state index contributed by atoms with van der Waals surface area (Å²) in [7, 11) is 1.62. The van der Waals surface area contributed by atoms with E-state index in [1.54, 1.807) is 25.4 Å². The average molecular weight is 376 g/mol. The van der Waals surface area contributed by atoms with Gasteiger partial charge in [0.05, 0.1) is 13.7 Å². The second-order valence-electron chi connectivity index (χ2n) is 6.49. The van der Waals surface area contributed by atoms with E-state index < -0.39 is 0 Å². The van der Waals surface area contributed by atoms with E-state index in [-0.39, 0.29) is 0 Å². The summed E-state index contributed by atoms with van der Waals surface area (Å²) in [5.41, 5.74) is 10.2. The number of rotatable bonds is 6. The van der Waals surface area contributed by atoms with Gasteiger partial charge in [0.15, 0.2) is 5.96 Å². The van der Waals surface area contributed by atoms with Crippen LogP contribution in [0.2, 0.25) is 0 Å². The van der Waals surface area contributed by atoms with E-state index in [1.165, 1.54) is 11.1 Å². The second-order valence-corrected chi connectivity index (χ2v) is 6.49. The van der Waals surface area contributed by atoms with E-state index in [9.17, 15) is 0 Å². The molecule has 0 fully saturated rings. The maximum absolute atomic E-state index is 6.00. The topological polar surface area (TPSA) is 81.8 Å². The maximum Gasteiger partial charge on any atom is 0.219 e. The first-order valence-corrected chi connectivity index (χ1v) is 8.94. The predicted octanol–water partition coefficient (Wildman–Crippen LogP) is 4.43. The zero-order valence-corrected chi connectivity index (χ0v) is 16.3. The Morgan fingerprint density at radius 2 is 1.79 bits per heavy atom. The molecular formula is C22H24N4O2. The van der Waals surface area contributed by atoms with Crippen molar-refractivity contribution in [2.75, 3.05) is 12.4 Å². The van der Waals surface area contributed by atoms with Crippen LogP contribution in [0.25, 0.3) is 0 Å². The summed E-state index contributed by atoms with van der Waals surface area (Å²) in [4.78, 5) is 8.69. The first-order chi connectivity index (χ1) is 13.5. The molecule has 0 spiro atoms. The molecule has 0 radical (unpaired) electrons. The van der Waals surface area contributed by atoms with Crippen molar-refractivity contribution >= 4 is 11.6 Å². The standard InChI is InChI=1S/C22H24N4O2/c1-15-9-16(2)11-18(10-15)26-22(23)25-14-17-7-8-21(24-13-17)28-20-6-4-5-19(12-20)27-3/h4-13H,14H2,1-3H3,(H3,23,25,26). The average Bonchev–Trinajstić information content (AvgIpc) is 2.67. The van der Waals surface area contributed by atoms with Crippen LogP contribution < -0.4 is 20.5 Å². The lowest BCUT2D eigenvalue weighted by Crippen LogP contribution is -2.22. The highest BCUT2D eigenvalue weighted by atomic mass is 16.5. The number of ether oxygens (including phenoxy) is 2. The Morgan fingerprint density at radius 1 is 1.04 bits per heavy atom. The molecule has 0 aliphatic heterocycles. The summed E-state index contributed by atoms with van der Waals surface area (Å²) in [5, 5.41) is 3.12. The van der Waals surface area contributed by atoms with Crippen molar-refractivity contribution in [3.8, 4) is 17.4 Å². The third-order valence-corrected chi connectivity index (χ3v) is 3.99. The number of benzene rings is 2. The minimum atomic E-state index is 0.363. The number of pyridine rings is 1. The van der Waals surface area contributed by atoms with Crippen molar-refractivity contribution in [1.29, 1.82) is 0 Å². The molecule has 0 atom stereocenters. The number of aliphatic imine (C=N–C) groups is 1. The van der Waals surface area contributed by atoms with E-state index in [0.717, 1.165) is 17.0 Å². The minimum absolute atomic E-state index is 0.363. The minimum Gasteiger partial charge on any atom is -0.497 e. The van der Waals surface area contributed by atoms with E-state index in [0.29, 0.717) is 24.1 Å². The summed E-state index contributed by atoms with van der Waals surface area (Å²) in [6, 6.07) is 17.3. The van der Waals surface area contributed by atoms with Gasteiger partial charge >= 0.3 is 0 Å². The molecule has 3 rings (SSSR count). The van der Waals surface area contributed by atoms with Gasteiger partial charge in [-0.15, -0.1) is 0 Å². The third-order valence-electron chi connectivity index (χ3n) is 3.99. The van der Waals surface area contributed by atoms with Crippen molar-refractivity contribution in [2.24, 2.45) is 10.7 Å². The number of anilines is 1. The highest BCUT2D eigenvalue weighted by Crippen LogP contribution is 2.23. The summed E-state index contributed by atoms with van der Waals surface area (Å²) >= 11 is 0. The van der Waals surface area contributed by atoms with Gasteiger partial charge in [-0.25, -0.2) is 9.98 Å². The number of nitrogens with two attached hydrogens (primary N) is 1. The molecule has 1 aromatic heterocycles. The zero-order valence-electron chi connectivity index (χ0n) is 16.3. The highest BCUT2D eigenvalue weighted by Gasteiger charge is 2.02. The van der Waals surface area contributed by atoms with E-state index in [2.05, 4.69) is 21.4 Å². The fourth-order valence-electron chi connectivity index (χ4n) is 2.76. The molecule has 1 heterocycles. The van der Waals surface area contributed by atoms with E-state index in [1.807, 2.05) is 50.2 Å². The molecule has 6 nitrogen and oxygen atoms in total. The van der Waals surface area contributed by atoms with E-state index >= 15 is 0 Å². The smallest absolute Gasteiger partial charge is 0.219 e. The number of aryl methyl sites for hydroxylation is 2.